The molecule has 1 saturated carbocycles. The van der Waals surface area contributed by atoms with Gasteiger partial charge < -0.3 is 15.4 Å². The van der Waals surface area contributed by atoms with Gasteiger partial charge in [0.2, 0.25) is 0 Å². The third kappa shape index (κ3) is 7.42. The molecule has 4 nitrogen and oxygen atoms in total. The molecule has 0 aliphatic heterocycles. The van der Waals surface area contributed by atoms with Crippen LogP contribution in [0.15, 0.2) is 29.3 Å². The molecule has 0 aromatic heterocycles. The molecule has 130 valence electrons. The monoisotopic (exact) mass is 431 g/mol. The minimum Gasteiger partial charge on any atom is -0.494 e. The summed E-state index contributed by atoms with van der Waals surface area (Å²) in [5.74, 6) is 1.89. The zero-order chi connectivity index (χ0) is 15.6. The molecular weight excluding hydrogens is 401 g/mol. The SMILES string of the molecule is CCCOc1cccc(CCNC(=NC)NC2CCCC2)c1.I. The van der Waals surface area contributed by atoms with Crippen LogP contribution in [0, 0.1) is 0 Å². The van der Waals surface area contributed by atoms with Gasteiger partial charge in [-0.3, -0.25) is 4.99 Å². The zero-order valence-electron chi connectivity index (χ0n) is 14.3. The van der Waals surface area contributed by atoms with Crippen LogP contribution in [0.2, 0.25) is 0 Å². The van der Waals surface area contributed by atoms with Crippen molar-refractivity contribution in [2.24, 2.45) is 4.99 Å². The summed E-state index contributed by atoms with van der Waals surface area (Å²) in [5.41, 5.74) is 1.29. The summed E-state index contributed by atoms with van der Waals surface area (Å²) in [4.78, 5) is 4.31. The largest absolute Gasteiger partial charge is 0.494 e. The Balaban J connectivity index is 0.00000264. The molecule has 5 heteroatoms. The first-order chi connectivity index (χ1) is 10.8. The molecule has 0 unspecified atom stereocenters. The minimum atomic E-state index is 0. The van der Waals surface area contributed by atoms with Crippen LogP contribution < -0.4 is 15.4 Å². The first-order valence-electron chi connectivity index (χ1n) is 8.50. The maximum atomic E-state index is 5.68. The lowest BCUT2D eigenvalue weighted by Crippen LogP contribution is -2.42. The van der Waals surface area contributed by atoms with Crippen molar-refractivity contribution in [2.75, 3.05) is 20.2 Å². The Morgan fingerprint density at radius 3 is 2.78 bits per heavy atom. The molecule has 2 N–H and O–H groups in total. The summed E-state index contributed by atoms with van der Waals surface area (Å²) in [5, 5.41) is 6.91. The van der Waals surface area contributed by atoms with E-state index in [1.165, 1.54) is 31.2 Å². The second-order valence-corrected chi connectivity index (χ2v) is 5.87. The molecule has 0 saturated heterocycles. The topological polar surface area (TPSA) is 45.6 Å². The molecule has 2 rings (SSSR count). The normalized spacial score (nSPS) is 15.1. The number of benzene rings is 1. The maximum Gasteiger partial charge on any atom is 0.191 e. The highest BCUT2D eigenvalue weighted by atomic mass is 127. The molecule has 0 spiro atoms. The molecule has 0 heterocycles. The first kappa shape index (κ1) is 20.1. The van der Waals surface area contributed by atoms with E-state index in [0.29, 0.717) is 6.04 Å². The molecule has 0 radical (unpaired) electrons. The van der Waals surface area contributed by atoms with Gasteiger partial charge in [0.15, 0.2) is 5.96 Å². The van der Waals surface area contributed by atoms with Gasteiger partial charge in [-0.1, -0.05) is 31.9 Å². The van der Waals surface area contributed by atoms with E-state index in [9.17, 15) is 0 Å². The fourth-order valence-electron chi connectivity index (χ4n) is 2.79. The third-order valence-corrected chi connectivity index (χ3v) is 4.00. The second kappa shape index (κ2) is 11.5. The van der Waals surface area contributed by atoms with Gasteiger partial charge in [-0.15, -0.1) is 24.0 Å². The van der Waals surface area contributed by atoms with Crippen LogP contribution in [0.3, 0.4) is 0 Å². The Morgan fingerprint density at radius 1 is 1.30 bits per heavy atom. The Kier molecular flexibility index (Phi) is 10.1. The molecular formula is C18H30IN3O. The Hall–Kier alpha value is -0.980. The predicted octanol–water partition coefficient (Wildman–Crippen LogP) is 3.74. The molecule has 1 aromatic rings. The van der Waals surface area contributed by atoms with Gasteiger partial charge in [-0.2, -0.15) is 0 Å². The molecule has 23 heavy (non-hydrogen) atoms. The van der Waals surface area contributed by atoms with E-state index in [1.54, 1.807) is 0 Å². The van der Waals surface area contributed by atoms with Gasteiger partial charge in [-0.25, -0.2) is 0 Å². The van der Waals surface area contributed by atoms with Gasteiger partial charge in [0, 0.05) is 19.6 Å². The van der Waals surface area contributed by atoms with E-state index in [4.69, 9.17) is 4.74 Å². The summed E-state index contributed by atoms with van der Waals surface area (Å²) in [7, 11) is 1.84. The zero-order valence-corrected chi connectivity index (χ0v) is 16.6. The number of hydrogen-bond acceptors (Lipinski definition) is 2. The fourth-order valence-corrected chi connectivity index (χ4v) is 2.79. The highest BCUT2D eigenvalue weighted by Gasteiger charge is 2.15. The van der Waals surface area contributed by atoms with Crippen molar-refractivity contribution in [3.63, 3.8) is 0 Å². The third-order valence-electron chi connectivity index (χ3n) is 4.00. The molecule has 0 bridgehead atoms. The van der Waals surface area contributed by atoms with Gasteiger partial charge in [0.1, 0.15) is 5.75 Å². The number of hydrogen-bond donors (Lipinski definition) is 2. The van der Waals surface area contributed by atoms with Crippen LogP contribution in [0.25, 0.3) is 0 Å². The Labute approximate surface area is 157 Å². The molecule has 1 aliphatic rings. The van der Waals surface area contributed by atoms with Crippen LogP contribution in [0.5, 0.6) is 5.75 Å². The number of aliphatic imine (C=N–C) groups is 1. The molecule has 0 amide bonds. The summed E-state index contributed by atoms with van der Waals surface area (Å²) in [6.45, 7) is 3.78. The van der Waals surface area contributed by atoms with Crippen molar-refractivity contribution < 1.29 is 4.74 Å². The average Bonchev–Trinajstić information content (AvgIpc) is 3.05. The highest BCUT2D eigenvalue weighted by molar-refractivity contribution is 14.0. The van der Waals surface area contributed by atoms with Crippen LogP contribution in [0.4, 0.5) is 0 Å². The van der Waals surface area contributed by atoms with E-state index in [1.807, 2.05) is 13.1 Å². The molecule has 1 aliphatic carbocycles. The standard InChI is InChI=1S/C18H29N3O.HI/c1-3-13-22-17-10-6-7-15(14-17)11-12-20-18(19-2)21-16-8-4-5-9-16;/h6-7,10,14,16H,3-5,8-9,11-13H2,1-2H3,(H2,19,20,21);1H. The number of ether oxygens (including phenoxy) is 1. The van der Waals surface area contributed by atoms with Crippen LogP contribution >= 0.6 is 24.0 Å². The summed E-state index contributed by atoms with van der Waals surface area (Å²) < 4.78 is 5.68. The summed E-state index contributed by atoms with van der Waals surface area (Å²) >= 11 is 0. The first-order valence-corrected chi connectivity index (χ1v) is 8.50. The number of halogens is 1. The van der Waals surface area contributed by atoms with Crippen LogP contribution in [-0.4, -0.2) is 32.2 Å². The second-order valence-electron chi connectivity index (χ2n) is 5.87. The summed E-state index contributed by atoms with van der Waals surface area (Å²) in [6, 6.07) is 8.95. The Bertz CT molecular complexity index is 473. The van der Waals surface area contributed by atoms with Crippen molar-refractivity contribution >= 4 is 29.9 Å². The van der Waals surface area contributed by atoms with E-state index in [0.717, 1.165) is 37.7 Å². The highest BCUT2D eigenvalue weighted by Crippen LogP contribution is 2.17. The minimum absolute atomic E-state index is 0. The van der Waals surface area contributed by atoms with E-state index >= 15 is 0 Å². The van der Waals surface area contributed by atoms with Crippen LogP contribution in [-0.2, 0) is 6.42 Å². The van der Waals surface area contributed by atoms with Crippen molar-refractivity contribution in [3.8, 4) is 5.75 Å². The van der Waals surface area contributed by atoms with Crippen LogP contribution in [0.1, 0.15) is 44.6 Å². The van der Waals surface area contributed by atoms with Gasteiger partial charge >= 0.3 is 0 Å². The van der Waals surface area contributed by atoms with E-state index < -0.39 is 0 Å². The van der Waals surface area contributed by atoms with E-state index in [2.05, 4.69) is 40.7 Å². The van der Waals surface area contributed by atoms with Gasteiger partial charge in [0.25, 0.3) is 0 Å². The molecule has 1 aromatic carbocycles. The van der Waals surface area contributed by atoms with Crippen molar-refractivity contribution in [2.45, 2.75) is 51.5 Å². The molecule has 0 atom stereocenters. The van der Waals surface area contributed by atoms with Gasteiger partial charge in [-0.05, 0) is 43.4 Å². The number of guanidine groups is 1. The van der Waals surface area contributed by atoms with Crippen molar-refractivity contribution in [1.82, 2.24) is 10.6 Å². The fraction of sp³-hybridized carbons (Fsp3) is 0.611. The van der Waals surface area contributed by atoms with Crippen molar-refractivity contribution in [1.29, 1.82) is 0 Å². The lowest BCUT2D eigenvalue weighted by molar-refractivity contribution is 0.317. The van der Waals surface area contributed by atoms with E-state index in [-0.39, 0.29) is 24.0 Å². The molecule has 1 fully saturated rings. The lowest BCUT2D eigenvalue weighted by Gasteiger charge is -2.16. The smallest absolute Gasteiger partial charge is 0.191 e. The number of rotatable bonds is 7. The summed E-state index contributed by atoms with van der Waals surface area (Å²) in [6.07, 6.45) is 7.19. The maximum absolute atomic E-state index is 5.68. The number of nitrogens with zero attached hydrogens (tertiary/aromatic N) is 1. The van der Waals surface area contributed by atoms with Gasteiger partial charge in [0.05, 0.1) is 6.61 Å². The Morgan fingerprint density at radius 2 is 2.09 bits per heavy atom. The van der Waals surface area contributed by atoms with Crippen molar-refractivity contribution in [3.05, 3.63) is 29.8 Å². The lowest BCUT2D eigenvalue weighted by atomic mass is 10.1. The average molecular weight is 431 g/mol. The number of nitrogens with one attached hydrogen (secondary N) is 2. The quantitative estimate of drug-likeness (QED) is 0.393. The predicted molar refractivity (Wildman–Crippen MR) is 108 cm³/mol.